The first-order valence-corrected chi connectivity index (χ1v) is 6.96. The Labute approximate surface area is 108 Å². The summed E-state index contributed by atoms with van der Waals surface area (Å²) in [5.41, 5.74) is 0. The van der Waals surface area contributed by atoms with Crippen molar-refractivity contribution >= 4 is 17.2 Å². The topological polar surface area (TPSA) is 23.6 Å². The van der Waals surface area contributed by atoms with Crippen molar-refractivity contribution in [2.45, 2.75) is 19.8 Å². The first kappa shape index (κ1) is 14.2. The molecule has 0 bridgehead atoms. The maximum atomic E-state index is 12.0. The lowest BCUT2D eigenvalue weighted by Crippen LogP contribution is -2.36. The number of thiophene rings is 1. The van der Waals surface area contributed by atoms with Gasteiger partial charge < -0.3 is 9.80 Å². The summed E-state index contributed by atoms with van der Waals surface area (Å²) in [5, 5.41) is 2.06. The van der Waals surface area contributed by atoms with E-state index >= 15 is 0 Å². The number of likely N-dealkylation sites (N-methyl/N-ethyl adjacent to an activating group) is 2. The Morgan fingerprint density at radius 3 is 2.65 bits per heavy atom. The molecule has 0 atom stereocenters. The number of nitrogens with zero attached hydrogens (tertiary/aromatic N) is 2. The summed E-state index contributed by atoms with van der Waals surface area (Å²) in [7, 11) is 4.06. The zero-order valence-electron chi connectivity index (χ0n) is 11.0. The minimum Gasteiger partial charge on any atom is -0.342 e. The van der Waals surface area contributed by atoms with Crippen LogP contribution in [0.5, 0.6) is 0 Å². The van der Waals surface area contributed by atoms with Gasteiger partial charge in [-0.15, -0.1) is 11.3 Å². The molecule has 0 spiro atoms. The standard InChI is InChI=1S/C13H22N2OS/c1-4-15(10-9-14(2)3)13(16)8-7-12-6-5-11-17-12/h5-6,11H,4,7-10H2,1-3H3. The molecule has 0 aliphatic carbocycles. The SMILES string of the molecule is CCN(CCN(C)C)C(=O)CCc1cccs1. The molecule has 1 aromatic heterocycles. The molecule has 0 unspecified atom stereocenters. The maximum Gasteiger partial charge on any atom is 0.222 e. The van der Waals surface area contributed by atoms with E-state index in [9.17, 15) is 4.79 Å². The van der Waals surface area contributed by atoms with Crippen LogP contribution in [0.15, 0.2) is 17.5 Å². The van der Waals surface area contributed by atoms with Crippen LogP contribution in [0.1, 0.15) is 18.2 Å². The van der Waals surface area contributed by atoms with E-state index in [1.54, 1.807) is 11.3 Å². The highest BCUT2D eigenvalue weighted by Crippen LogP contribution is 2.11. The molecule has 0 N–H and O–H groups in total. The predicted molar refractivity (Wildman–Crippen MR) is 73.4 cm³/mol. The van der Waals surface area contributed by atoms with Crippen molar-refractivity contribution in [2.24, 2.45) is 0 Å². The van der Waals surface area contributed by atoms with Crippen LogP contribution in [0.4, 0.5) is 0 Å². The lowest BCUT2D eigenvalue weighted by Gasteiger charge is -2.22. The number of amides is 1. The first-order chi connectivity index (χ1) is 8.13. The van der Waals surface area contributed by atoms with Crippen LogP contribution in [0, 0.1) is 0 Å². The molecule has 0 fully saturated rings. The minimum absolute atomic E-state index is 0.266. The van der Waals surface area contributed by atoms with Crippen LogP contribution in [0.2, 0.25) is 0 Å². The van der Waals surface area contributed by atoms with Gasteiger partial charge in [0, 0.05) is 30.9 Å². The third-order valence-electron chi connectivity index (χ3n) is 2.72. The third kappa shape index (κ3) is 5.33. The molecule has 1 heterocycles. The number of aryl methyl sites for hydroxylation is 1. The van der Waals surface area contributed by atoms with Crippen LogP contribution < -0.4 is 0 Å². The molecular formula is C13H22N2OS. The molecule has 0 aliphatic heterocycles. The molecule has 0 saturated carbocycles. The maximum absolute atomic E-state index is 12.0. The fraction of sp³-hybridized carbons (Fsp3) is 0.615. The second kappa shape index (κ2) is 7.45. The second-order valence-corrected chi connectivity index (χ2v) is 5.39. The summed E-state index contributed by atoms with van der Waals surface area (Å²) >= 11 is 1.72. The number of hydrogen-bond donors (Lipinski definition) is 0. The van der Waals surface area contributed by atoms with Gasteiger partial charge in [-0.1, -0.05) is 6.07 Å². The van der Waals surface area contributed by atoms with Crippen LogP contribution in [0.25, 0.3) is 0 Å². The molecule has 0 aromatic carbocycles. The van der Waals surface area contributed by atoms with Gasteiger partial charge in [0.15, 0.2) is 0 Å². The summed E-state index contributed by atoms with van der Waals surface area (Å²) in [6, 6.07) is 4.13. The van der Waals surface area contributed by atoms with Crippen LogP contribution in [-0.2, 0) is 11.2 Å². The van der Waals surface area contributed by atoms with Gasteiger partial charge in [-0.2, -0.15) is 0 Å². The molecule has 3 nitrogen and oxygen atoms in total. The van der Waals surface area contributed by atoms with Gasteiger partial charge in [0.05, 0.1) is 0 Å². The number of carbonyl (C=O) groups is 1. The van der Waals surface area contributed by atoms with Crippen molar-refractivity contribution in [3.05, 3.63) is 22.4 Å². The molecule has 0 radical (unpaired) electrons. The third-order valence-corrected chi connectivity index (χ3v) is 3.65. The zero-order valence-corrected chi connectivity index (χ0v) is 11.8. The van der Waals surface area contributed by atoms with Crippen LogP contribution in [-0.4, -0.2) is 49.4 Å². The van der Waals surface area contributed by atoms with Gasteiger partial charge >= 0.3 is 0 Å². The number of carbonyl (C=O) groups excluding carboxylic acids is 1. The molecule has 17 heavy (non-hydrogen) atoms. The average Bonchev–Trinajstić information content (AvgIpc) is 2.79. The Kier molecular flexibility index (Phi) is 6.22. The van der Waals surface area contributed by atoms with Crippen molar-refractivity contribution < 1.29 is 4.79 Å². The van der Waals surface area contributed by atoms with E-state index in [0.717, 1.165) is 26.1 Å². The Balaban J connectivity index is 2.33. The summed E-state index contributed by atoms with van der Waals surface area (Å²) in [5.74, 6) is 0.266. The molecular weight excluding hydrogens is 232 g/mol. The monoisotopic (exact) mass is 254 g/mol. The van der Waals surface area contributed by atoms with Crippen molar-refractivity contribution in [3.8, 4) is 0 Å². The zero-order chi connectivity index (χ0) is 12.7. The van der Waals surface area contributed by atoms with Crippen molar-refractivity contribution in [2.75, 3.05) is 33.7 Å². The lowest BCUT2D eigenvalue weighted by molar-refractivity contribution is -0.131. The van der Waals surface area contributed by atoms with Gasteiger partial charge in [-0.25, -0.2) is 0 Å². The highest BCUT2D eigenvalue weighted by Gasteiger charge is 2.11. The fourth-order valence-electron chi connectivity index (χ4n) is 1.62. The van der Waals surface area contributed by atoms with E-state index in [0.29, 0.717) is 6.42 Å². The van der Waals surface area contributed by atoms with Crippen molar-refractivity contribution in [3.63, 3.8) is 0 Å². The first-order valence-electron chi connectivity index (χ1n) is 6.08. The molecule has 0 saturated heterocycles. The molecule has 0 aliphatic rings. The van der Waals surface area contributed by atoms with E-state index < -0.39 is 0 Å². The predicted octanol–water partition coefficient (Wildman–Crippen LogP) is 2.09. The Bertz CT molecular complexity index is 322. The lowest BCUT2D eigenvalue weighted by atomic mass is 10.2. The van der Waals surface area contributed by atoms with E-state index in [1.165, 1.54) is 4.88 Å². The van der Waals surface area contributed by atoms with E-state index in [2.05, 4.69) is 16.3 Å². The molecule has 1 rings (SSSR count). The fourth-order valence-corrected chi connectivity index (χ4v) is 2.33. The largest absolute Gasteiger partial charge is 0.342 e. The molecule has 1 aromatic rings. The summed E-state index contributed by atoms with van der Waals surface area (Å²) in [4.78, 5) is 17.3. The Morgan fingerprint density at radius 2 is 2.12 bits per heavy atom. The van der Waals surface area contributed by atoms with E-state index in [4.69, 9.17) is 0 Å². The van der Waals surface area contributed by atoms with Gasteiger partial charge in [0.25, 0.3) is 0 Å². The van der Waals surface area contributed by atoms with Gasteiger partial charge in [-0.05, 0) is 38.9 Å². The second-order valence-electron chi connectivity index (χ2n) is 4.36. The summed E-state index contributed by atoms with van der Waals surface area (Å²) in [6.45, 7) is 4.60. The highest BCUT2D eigenvalue weighted by atomic mass is 32.1. The van der Waals surface area contributed by atoms with Gasteiger partial charge in [0.2, 0.25) is 5.91 Å². The number of hydrogen-bond acceptors (Lipinski definition) is 3. The Hall–Kier alpha value is -0.870. The Morgan fingerprint density at radius 1 is 1.35 bits per heavy atom. The van der Waals surface area contributed by atoms with Crippen molar-refractivity contribution in [1.29, 1.82) is 0 Å². The van der Waals surface area contributed by atoms with Crippen LogP contribution >= 0.6 is 11.3 Å². The van der Waals surface area contributed by atoms with Gasteiger partial charge in [0.1, 0.15) is 0 Å². The van der Waals surface area contributed by atoms with Gasteiger partial charge in [-0.3, -0.25) is 4.79 Å². The molecule has 96 valence electrons. The average molecular weight is 254 g/mol. The number of rotatable bonds is 7. The summed E-state index contributed by atoms with van der Waals surface area (Å²) in [6.07, 6.45) is 1.50. The molecule has 4 heteroatoms. The van der Waals surface area contributed by atoms with Crippen LogP contribution in [0.3, 0.4) is 0 Å². The molecule has 1 amide bonds. The highest BCUT2D eigenvalue weighted by molar-refractivity contribution is 7.09. The summed E-state index contributed by atoms with van der Waals surface area (Å²) < 4.78 is 0. The minimum atomic E-state index is 0.266. The quantitative estimate of drug-likeness (QED) is 0.744. The normalized spacial score (nSPS) is 10.8. The van der Waals surface area contributed by atoms with E-state index in [1.807, 2.05) is 32.0 Å². The smallest absolute Gasteiger partial charge is 0.222 e. The van der Waals surface area contributed by atoms with E-state index in [-0.39, 0.29) is 5.91 Å². The van der Waals surface area contributed by atoms with Crippen molar-refractivity contribution in [1.82, 2.24) is 9.80 Å².